The summed E-state index contributed by atoms with van der Waals surface area (Å²) in [7, 11) is 0. The molecular weight excluding hydrogens is 432 g/mol. The third kappa shape index (κ3) is 5.42. The molecule has 2 aromatic carbocycles. The molecule has 0 spiro atoms. The SMILES string of the molecule is O=C(NC(Cc1ccc(-c2noc(C3CCCCC3)n2)c(F)c1)C(=O)O)c1ccc(F)cc1. The molecule has 0 radical (unpaired) electrons. The second-order valence-electron chi connectivity index (χ2n) is 8.18. The number of carboxylic acids is 1. The van der Waals surface area contributed by atoms with Crippen LogP contribution >= 0.6 is 0 Å². The van der Waals surface area contributed by atoms with Crippen LogP contribution in [0.3, 0.4) is 0 Å². The van der Waals surface area contributed by atoms with E-state index in [4.69, 9.17) is 4.52 Å². The summed E-state index contributed by atoms with van der Waals surface area (Å²) >= 11 is 0. The Morgan fingerprint density at radius 3 is 2.48 bits per heavy atom. The van der Waals surface area contributed by atoms with E-state index >= 15 is 0 Å². The van der Waals surface area contributed by atoms with Gasteiger partial charge in [-0.1, -0.05) is 30.5 Å². The van der Waals surface area contributed by atoms with Gasteiger partial charge < -0.3 is 14.9 Å². The van der Waals surface area contributed by atoms with Crippen molar-refractivity contribution in [1.82, 2.24) is 15.5 Å². The third-order valence-electron chi connectivity index (χ3n) is 5.82. The third-order valence-corrected chi connectivity index (χ3v) is 5.82. The Morgan fingerprint density at radius 2 is 1.82 bits per heavy atom. The zero-order valence-electron chi connectivity index (χ0n) is 17.8. The highest BCUT2D eigenvalue weighted by atomic mass is 19.1. The molecule has 0 saturated heterocycles. The van der Waals surface area contributed by atoms with Crippen LogP contribution in [-0.4, -0.2) is 33.2 Å². The monoisotopic (exact) mass is 455 g/mol. The van der Waals surface area contributed by atoms with Gasteiger partial charge in [0, 0.05) is 17.9 Å². The highest BCUT2D eigenvalue weighted by molar-refractivity contribution is 5.96. The first-order valence-corrected chi connectivity index (χ1v) is 10.8. The maximum atomic E-state index is 14.8. The lowest BCUT2D eigenvalue weighted by Gasteiger charge is -2.17. The minimum atomic E-state index is -1.30. The van der Waals surface area contributed by atoms with Crippen LogP contribution in [0.2, 0.25) is 0 Å². The van der Waals surface area contributed by atoms with E-state index in [0.29, 0.717) is 11.5 Å². The van der Waals surface area contributed by atoms with Gasteiger partial charge in [-0.25, -0.2) is 13.6 Å². The number of aliphatic carboxylic acids is 1. The predicted octanol–water partition coefficient (Wildman–Crippen LogP) is 4.49. The van der Waals surface area contributed by atoms with Gasteiger partial charge in [-0.3, -0.25) is 4.79 Å². The maximum Gasteiger partial charge on any atom is 0.326 e. The Bertz CT molecular complexity index is 1140. The number of nitrogens with one attached hydrogen (secondary N) is 1. The van der Waals surface area contributed by atoms with Gasteiger partial charge in [0.2, 0.25) is 11.7 Å². The summed E-state index contributed by atoms with van der Waals surface area (Å²) in [5.74, 6) is -2.20. The van der Waals surface area contributed by atoms with Crippen LogP contribution in [-0.2, 0) is 11.2 Å². The first-order valence-electron chi connectivity index (χ1n) is 10.8. The Labute approximate surface area is 188 Å². The van der Waals surface area contributed by atoms with Gasteiger partial charge in [-0.05, 0) is 54.8 Å². The van der Waals surface area contributed by atoms with E-state index in [2.05, 4.69) is 15.5 Å². The molecule has 1 aliphatic carbocycles. The summed E-state index contributed by atoms with van der Waals surface area (Å²) in [6.45, 7) is 0. The zero-order valence-corrected chi connectivity index (χ0v) is 17.8. The van der Waals surface area contributed by atoms with E-state index in [1.54, 1.807) is 6.07 Å². The molecule has 7 nitrogen and oxygen atoms in total. The second kappa shape index (κ2) is 9.89. The molecule has 1 amide bonds. The molecule has 1 aromatic heterocycles. The molecule has 9 heteroatoms. The van der Waals surface area contributed by atoms with E-state index < -0.39 is 29.6 Å². The Morgan fingerprint density at radius 1 is 1.09 bits per heavy atom. The van der Waals surface area contributed by atoms with Crippen LogP contribution < -0.4 is 5.32 Å². The van der Waals surface area contributed by atoms with Crippen LogP contribution in [0.1, 0.15) is 59.8 Å². The second-order valence-corrected chi connectivity index (χ2v) is 8.18. The van der Waals surface area contributed by atoms with Gasteiger partial charge in [0.25, 0.3) is 5.91 Å². The number of hydrogen-bond donors (Lipinski definition) is 2. The molecule has 1 unspecified atom stereocenters. The average molecular weight is 455 g/mol. The molecule has 4 rings (SSSR count). The maximum absolute atomic E-state index is 14.8. The number of carboxylic acid groups (broad SMARTS) is 1. The molecule has 172 valence electrons. The summed E-state index contributed by atoms with van der Waals surface area (Å²) < 4.78 is 33.2. The highest BCUT2D eigenvalue weighted by Crippen LogP contribution is 2.33. The first kappa shape index (κ1) is 22.6. The predicted molar refractivity (Wildman–Crippen MR) is 115 cm³/mol. The minimum Gasteiger partial charge on any atom is -0.480 e. The van der Waals surface area contributed by atoms with E-state index in [0.717, 1.165) is 37.8 Å². The Kier molecular flexibility index (Phi) is 6.76. The fourth-order valence-corrected chi connectivity index (χ4v) is 4.01. The van der Waals surface area contributed by atoms with Gasteiger partial charge >= 0.3 is 5.97 Å². The van der Waals surface area contributed by atoms with Gasteiger partial charge in [0.15, 0.2) is 0 Å². The Hall–Kier alpha value is -3.62. The van der Waals surface area contributed by atoms with Crippen molar-refractivity contribution in [2.45, 2.75) is 50.5 Å². The molecule has 1 atom stereocenters. The van der Waals surface area contributed by atoms with Crippen LogP contribution in [0, 0.1) is 11.6 Å². The number of halogens is 2. The number of benzene rings is 2. The quantitative estimate of drug-likeness (QED) is 0.544. The summed E-state index contributed by atoms with van der Waals surface area (Å²) in [5.41, 5.74) is 0.654. The van der Waals surface area contributed by atoms with E-state index in [9.17, 15) is 23.5 Å². The molecule has 0 aliphatic heterocycles. The zero-order chi connectivity index (χ0) is 23.4. The lowest BCUT2D eigenvalue weighted by Crippen LogP contribution is -2.42. The van der Waals surface area contributed by atoms with Crippen molar-refractivity contribution in [1.29, 1.82) is 0 Å². The summed E-state index contributed by atoms with van der Waals surface area (Å²) in [5, 5.41) is 15.8. The fourth-order valence-electron chi connectivity index (χ4n) is 4.01. The van der Waals surface area contributed by atoms with Crippen LogP contribution in [0.25, 0.3) is 11.4 Å². The lowest BCUT2D eigenvalue weighted by molar-refractivity contribution is -0.139. The van der Waals surface area contributed by atoms with Crippen molar-refractivity contribution in [2.24, 2.45) is 0 Å². The van der Waals surface area contributed by atoms with Crippen molar-refractivity contribution in [2.75, 3.05) is 0 Å². The van der Waals surface area contributed by atoms with Crippen molar-refractivity contribution in [3.05, 3.63) is 71.1 Å². The summed E-state index contributed by atoms with van der Waals surface area (Å²) in [4.78, 5) is 28.3. The summed E-state index contributed by atoms with van der Waals surface area (Å²) in [6.07, 6.45) is 5.21. The van der Waals surface area contributed by atoms with Crippen molar-refractivity contribution < 1.29 is 28.0 Å². The largest absolute Gasteiger partial charge is 0.480 e. The molecule has 33 heavy (non-hydrogen) atoms. The summed E-state index contributed by atoms with van der Waals surface area (Å²) in [6, 6.07) is 7.67. The average Bonchev–Trinajstić information content (AvgIpc) is 3.29. The molecular formula is C24H23F2N3O4. The molecule has 3 aromatic rings. The number of carbonyl (C=O) groups is 2. The van der Waals surface area contributed by atoms with Crippen LogP contribution in [0.15, 0.2) is 47.0 Å². The molecule has 1 heterocycles. The molecule has 0 bridgehead atoms. The topological polar surface area (TPSA) is 105 Å². The van der Waals surface area contributed by atoms with Crippen molar-refractivity contribution in [3.63, 3.8) is 0 Å². The number of carbonyl (C=O) groups excluding carboxylic acids is 1. The molecule has 1 aliphatic rings. The molecule has 2 N–H and O–H groups in total. The minimum absolute atomic E-state index is 0.120. The number of nitrogens with zero attached hydrogens (tertiary/aromatic N) is 2. The lowest BCUT2D eigenvalue weighted by atomic mass is 9.89. The molecule has 1 fully saturated rings. The smallest absolute Gasteiger partial charge is 0.326 e. The number of amides is 1. The number of aromatic nitrogens is 2. The Balaban J connectivity index is 1.46. The standard InChI is InChI=1S/C24H23F2N3O4/c25-17-9-7-15(8-10-17)22(30)27-20(24(31)32)13-14-6-11-18(19(26)12-14)21-28-23(33-29-21)16-4-2-1-3-5-16/h6-12,16,20H,1-5,13H2,(H,27,30)(H,31,32). The highest BCUT2D eigenvalue weighted by Gasteiger charge is 2.24. The fraction of sp³-hybridized carbons (Fsp3) is 0.333. The van der Waals surface area contributed by atoms with Gasteiger partial charge in [-0.2, -0.15) is 4.98 Å². The van der Waals surface area contributed by atoms with E-state index in [1.165, 1.54) is 30.7 Å². The first-order chi connectivity index (χ1) is 15.9. The van der Waals surface area contributed by atoms with Gasteiger partial charge in [0.05, 0.1) is 5.56 Å². The van der Waals surface area contributed by atoms with Crippen molar-refractivity contribution in [3.8, 4) is 11.4 Å². The van der Waals surface area contributed by atoms with Gasteiger partial charge in [-0.15, -0.1) is 0 Å². The normalized spacial score (nSPS) is 15.2. The van der Waals surface area contributed by atoms with Crippen LogP contribution in [0.5, 0.6) is 0 Å². The van der Waals surface area contributed by atoms with E-state index in [-0.39, 0.29) is 29.3 Å². The molecule has 1 saturated carbocycles. The number of rotatable bonds is 7. The van der Waals surface area contributed by atoms with Crippen LogP contribution in [0.4, 0.5) is 8.78 Å². The van der Waals surface area contributed by atoms with Gasteiger partial charge in [0.1, 0.15) is 17.7 Å². The van der Waals surface area contributed by atoms with E-state index in [1.807, 2.05) is 0 Å². The number of hydrogen-bond acceptors (Lipinski definition) is 5. The van der Waals surface area contributed by atoms with Crippen molar-refractivity contribution >= 4 is 11.9 Å².